The molecule has 0 aliphatic rings. The van der Waals surface area contributed by atoms with Crippen LogP contribution in [0.15, 0.2) is 72.1 Å². The summed E-state index contributed by atoms with van der Waals surface area (Å²) in [5.74, 6) is 0.167. The van der Waals surface area contributed by atoms with Gasteiger partial charge in [0.15, 0.2) is 0 Å². The molecule has 3 aromatic carbocycles. The number of aromatic nitrogens is 1. The first-order chi connectivity index (χ1) is 16.7. The molecule has 4 rings (SSSR count). The Bertz CT molecular complexity index is 1340. The number of thiazole rings is 1. The molecule has 1 N–H and O–H groups in total. The van der Waals surface area contributed by atoms with Crippen molar-refractivity contribution in [3.05, 3.63) is 105 Å². The van der Waals surface area contributed by atoms with Crippen molar-refractivity contribution in [3.8, 4) is 16.3 Å². The van der Waals surface area contributed by atoms with Crippen molar-refractivity contribution < 1.29 is 22.7 Å². The number of ether oxygens (including phenoxy) is 1. The van der Waals surface area contributed by atoms with Gasteiger partial charge in [-0.15, -0.1) is 11.3 Å². The monoisotopic (exact) mass is 536 g/mol. The Balaban J connectivity index is 1.35. The van der Waals surface area contributed by atoms with Crippen molar-refractivity contribution in [3.63, 3.8) is 0 Å². The molecule has 0 radical (unpaired) electrons. The highest BCUT2D eigenvalue weighted by Crippen LogP contribution is 2.30. The van der Waals surface area contributed by atoms with E-state index in [1.54, 1.807) is 35.7 Å². The van der Waals surface area contributed by atoms with Gasteiger partial charge in [0.25, 0.3) is 5.91 Å². The molecule has 0 spiro atoms. The van der Waals surface area contributed by atoms with Gasteiger partial charge in [-0.1, -0.05) is 41.4 Å². The van der Waals surface area contributed by atoms with E-state index in [0.29, 0.717) is 26.4 Å². The summed E-state index contributed by atoms with van der Waals surface area (Å²) in [4.78, 5) is 16.8. The van der Waals surface area contributed by atoms with E-state index >= 15 is 0 Å². The average Bonchev–Trinajstić information content (AvgIpc) is 3.32. The highest BCUT2D eigenvalue weighted by Gasteiger charge is 2.30. The van der Waals surface area contributed by atoms with Gasteiger partial charge in [-0.3, -0.25) is 4.79 Å². The Morgan fingerprint density at radius 1 is 1.03 bits per heavy atom. The number of rotatable bonds is 7. The van der Waals surface area contributed by atoms with Crippen molar-refractivity contribution >= 4 is 40.4 Å². The molecule has 35 heavy (non-hydrogen) atoms. The van der Waals surface area contributed by atoms with Crippen molar-refractivity contribution in [1.29, 1.82) is 0 Å². The standard InChI is InChI=1S/C25H17Cl2F3N2O2S/c26-19-7-4-17(21(27)11-19)13-34-20-8-5-16(6-9-20)24-32-22(14-35-24)23(33)31-12-15-2-1-3-18(10-15)25(28,29)30/h1-11,14H,12-13H2,(H,31,33). The molecule has 10 heteroatoms. The molecule has 1 heterocycles. The first kappa shape index (κ1) is 25.0. The summed E-state index contributed by atoms with van der Waals surface area (Å²) in [6.07, 6.45) is -4.44. The first-order valence-electron chi connectivity index (χ1n) is 10.3. The summed E-state index contributed by atoms with van der Waals surface area (Å²) in [5.41, 5.74) is 1.38. The molecule has 0 atom stereocenters. The van der Waals surface area contributed by atoms with Gasteiger partial charge in [0.2, 0.25) is 0 Å². The lowest BCUT2D eigenvalue weighted by Crippen LogP contribution is -2.23. The second-order valence-corrected chi connectivity index (χ2v) is 9.17. The zero-order valence-corrected chi connectivity index (χ0v) is 20.2. The topological polar surface area (TPSA) is 51.2 Å². The average molecular weight is 537 g/mol. The molecular weight excluding hydrogens is 520 g/mol. The summed E-state index contributed by atoms with van der Waals surface area (Å²) in [5, 5.41) is 5.91. The largest absolute Gasteiger partial charge is 0.489 e. The predicted molar refractivity (Wildman–Crippen MR) is 131 cm³/mol. The van der Waals surface area contributed by atoms with E-state index < -0.39 is 17.6 Å². The lowest BCUT2D eigenvalue weighted by molar-refractivity contribution is -0.137. The molecule has 0 fully saturated rings. The van der Waals surface area contributed by atoms with Crippen LogP contribution >= 0.6 is 34.5 Å². The van der Waals surface area contributed by atoms with E-state index in [9.17, 15) is 18.0 Å². The number of benzene rings is 3. The molecule has 0 aliphatic heterocycles. The lowest BCUT2D eigenvalue weighted by Gasteiger charge is -2.09. The highest BCUT2D eigenvalue weighted by atomic mass is 35.5. The number of hydrogen-bond acceptors (Lipinski definition) is 4. The van der Waals surface area contributed by atoms with Crippen LogP contribution in [0.1, 0.15) is 27.2 Å². The number of amides is 1. The van der Waals surface area contributed by atoms with E-state index in [0.717, 1.165) is 23.3 Å². The Kier molecular flexibility index (Phi) is 7.64. The number of halogens is 5. The normalized spacial score (nSPS) is 11.3. The Labute approximate surface area is 213 Å². The molecular formula is C25H17Cl2F3N2O2S. The summed E-state index contributed by atoms with van der Waals surface area (Å²) >= 11 is 13.4. The third-order valence-electron chi connectivity index (χ3n) is 4.95. The van der Waals surface area contributed by atoms with Crippen LogP contribution in [0, 0.1) is 0 Å². The zero-order valence-electron chi connectivity index (χ0n) is 17.9. The number of carbonyl (C=O) groups excluding carboxylic acids is 1. The van der Waals surface area contributed by atoms with Crippen LogP contribution in [0.4, 0.5) is 13.2 Å². The van der Waals surface area contributed by atoms with Gasteiger partial charge in [-0.05, 0) is 54.1 Å². The van der Waals surface area contributed by atoms with Crippen molar-refractivity contribution in [2.75, 3.05) is 0 Å². The van der Waals surface area contributed by atoms with Crippen LogP contribution in [0.2, 0.25) is 10.0 Å². The minimum Gasteiger partial charge on any atom is -0.489 e. The summed E-state index contributed by atoms with van der Waals surface area (Å²) in [6, 6.07) is 17.2. The number of carbonyl (C=O) groups is 1. The van der Waals surface area contributed by atoms with E-state index in [1.807, 2.05) is 12.1 Å². The molecule has 0 aliphatic carbocycles. The molecule has 0 bridgehead atoms. The van der Waals surface area contributed by atoms with E-state index in [1.165, 1.54) is 23.5 Å². The van der Waals surface area contributed by atoms with Gasteiger partial charge in [0, 0.05) is 33.1 Å². The van der Waals surface area contributed by atoms with Gasteiger partial charge < -0.3 is 10.1 Å². The maximum absolute atomic E-state index is 12.9. The van der Waals surface area contributed by atoms with E-state index in [-0.39, 0.29) is 18.8 Å². The van der Waals surface area contributed by atoms with E-state index in [2.05, 4.69) is 10.3 Å². The fourth-order valence-corrected chi connectivity index (χ4v) is 4.40. The third-order valence-corrected chi connectivity index (χ3v) is 6.43. The Hall–Kier alpha value is -3.07. The number of nitrogens with zero attached hydrogens (tertiary/aromatic N) is 1. The summed E-state index contributed by atoms with van der Waals surface area (Å²) in [7, 11) is 0. The maximum Gasteiger partial charge on any atom is 0.416 e. The quantitative estimate of drug-likeness (QED) is 0.264. The first-order valence-corrected chi connectivity index (χ1v) is 11.9. The van der Waals surface area contributed by atoms with Crippen LogP contribution in [-0.4, -0.2) is 10.9 Å². The minimum absolute atomic E-state index is 0.0424. The van der Waals surface area contributed by atoms with Gasteiger partial charge >= 0.3 is 6.18 Å². The second kappa shape index (κ2) is 10.7. The summed E-state index contributed by atoms with van der Waals surface area (Å²) in [6.45, 7) is 0.238. The number of hydrogen-bond donors (Lipinski definition) is 1. The maximum atomic E-state index is 12.9. The molecule has 0 unspecified atom stereocenters. The van der Waals surface area contributed by atoms with Crippen LogP contribution in [-0.2, 0) is 19.3 Å². The van der Waals surface area contributed by atoms with Crippen LogP contribution < -0.4 is 10.1 Å². The molecule has 0 saturated carbocycles. The second-order valence-electron chi connectivity index (χ2n) is 7.47. The third kappa shape index (κ3) is 6.54. The fraction of sp³-hybridized carbons (Fsp3) is 0.120. The van der Waals surface area contributed by atoms with Crippen LogP contribution in [0.25, 0.3) is 10.6 Å². The minimum atomic E-state index is -4.44. The lowest BCUT2D eigenvalue weighted by atomic mass is 10.1. The van der Waals surface area contributed by atoms with Crippen molar-refractivity contribution in [1.82, 2.24) is 10.3 Å². The Morgan fingerprint density at radius 2 is 1.80 bits per heavy atom. The number of nitrogens with one attached hydrogen (secondary N) is 1. The van der Waals surface area contributed by atoms with Crippen LogP contribution in [0.3, 0.4) is 0 Å². The van der Waals surface area contributed by atoms with Gasteiger partial charge in [-0.2, -0.15) is 13.2 Å². The molecule has 180 valence electrons. The van der Waals surface area contributed by atoms with Crippen LogP contribution in [0.5, 0.6) is 5.75 Å². The fourth-order valence-electron chi connectivity index (χ4n) is 3.13. The zero-order chi connectivity index (χ0) is 25.0. The molecule has 1 aromatic heterocycles. The number of alkyl halides is 3. The molecule has 4 nitrogen and oxygen atoms in total. The predicted octanol–water partition coefficient (Wildman–Crippen LogP) is 7.64. The van der Waals surface area contributed by atoms with Gasteiger partial charge in [0.05, 0.1) is 5.56 Å². The summed E-state index contributed by atoms with van der Waals surface area (Å²) < 4.78 is 44.3. The molecule has 1 amide bonds. The molecule has 4 aromatic rings. The molecule has 0 saturated heterocycles. The SMILES string of the molecule is O=C(NCc1cccc(C(F)(F)F)c1)c1csc(-c2ccc(OCc3ccc(Cl)cc3Cl)cc2)n1. The van der Waals surface area contributed by atoms with Gasteiger partial charge in [-0.25, -0.2) is 4.98 Å². The smallest absolute Gasteiger partial charge is 0.416 e. The van der Waals surface area contributed by atoms with Gasteiger partial charge in [0.1, 0.15) is 23.1 Å². The van der Waals surface area contributed by atoms with Crippen molar-refractivity contribution in [2.24, 2.45) is 0 Å². The Morgan fingerprint density at radius 3 is 2.51 bits per heavy atom. The highest BCUT2D eigenvalue weighted by molar-refractivity contribution is 7.13. The van der Waals surface area contributed by atoms with E-state index in [4.69, 9.17) is 27.9 Å². The van der Waals surface area contributed by atoms with Crippen molar-refractivity contribution in [2.45, 2.75) is 19.3 Å².